The molecule has 1 radical (unpaired) electrons. The molecule has 0 spiro atoms. The summed E-state index contributed by atoms with van der Waals surface area (Å²) in [5.41, 5.74) is 1.35. The average Bonchev–Trinajstić information content (AvgIpc) is 3.00. The molecule has 2 aromatic carbocycles. The minimum atomic E-state index is -0.700. The molecule has 0 aliphatic rings. The van der Waals surface area contributed by atoms with Gasteiger partial charge in [0.05, 0.1) is 11.7 Å². The topological polar surface area (TPSA) is 55.6 Å². The number of benzene rings is 2. The number of hydrogen-bond acceptors (Lipinski definition) is 4. The van der Waals surface area contributed by atoms with Crippen LogP contribution < -0.4 is 5.32 Å². The third-order valence-corrected chi connectivity index (χ3v) is 4.48. The summed E-state index contributed by atoms with van der Waals surface area (Å²) in [7, 11) is 0. The van der Waals surface area contributed by atoms with Gasteiger partial charge in [-0.05, 0) is 51.1 Å². The number of rotatable bonds is 4. The zero-order valence-electron chi connectivity index (χ0n) is 16.0. The van der Waals surface area contributed by atoms with Crippen molar-refractivity contribution in [1.82, 2.24) is 19.5 Å². The van der Waals surface area contributed by atoms with Gasteiger partial charge in [0, 0.05) is 23.4 Å². The van der Waals surface area contributed by atoms with E-state index in [2.05, 4.69) is 26.3 Å². The van der Waals surface area contributed by atoms with Gasteiger partial charge in [0.2, 0.25) is 5.95 Å². The summed E-state index contributed by atoms with van der Waals surface area (Å²) < 4.78 is 44.4. The number of aromatic nitrogens is 4. The van der Waals surface area contributed by atoms with Gasteiger partial charge in [-0.2, -0.15) is 0 Å². The molecule has 4 rings (SSSR count). The van der Waals surface area contributed by atoms with E-state index in [1.807, 2.05) is 18.4 Å². The van der Waals surface area contributed by atoms with E-state index in [0.717, 1.165) is 6.20 Å². The Hall–Kier alpha value is -3.42. The van der Waals surface area contributed by atoms with E-state index in [-0.39, 0.29) is 28.8 Å². The Labute approximate surface area is 165 Å². The van der Waals surface area contributed by atoms with E-state index in [1.54, 1.807) is 19.1 Å². The fraction of sp³-hybridized carbons (Fsp3) is 0.190. The second-order valence-corrected chi connectivity index (χ2v) is 6.89. The lowest BCUT2D eigenvalue weighted by atomic mass is 10.1. The predicted molar refractivity (Wildman–Crippen MR) is 104 cm³/mol. The second kappa shape index (κ2) is 7.20. The van der Waals surface area contributed by atoms with Gasteiger partial charge < -0.3 is 9.88 Å². The van der Waals surface area contributed by atoms with Crippen molar-refractivity contribution in [2.75, 3.05) is 5.32 Å². The van der Waals surface area contributed by atoms with Crippen LogP contribution in [0.15, 0.2) is 36.5 Å². The summed E-state index contributed by atoms with van der Waals surface area (Å²) >= 11 is 0. The highest BCUT2D eigenvalue weighted by molar-refractivity contribution is 5.83. The van der Waals surface area contributed by atoms with Crippen LogP contribution in [0.4, 0.5) is 24.8 Å². The fourth-order valence-electron chi connectivity index (χ4n) is 3.33. The first-order valence-electron chi connectivity index (χ1n) is 8.98. The number of anilines is 2. The zero-order valence-corrected chi connectivity index (χ0v) is 16.0. The number of imidazole rings is 1. The Morgan fingerprint density at radius 2 is 1.86 bits per heavy atom. The smallest absolute Gasteiger partial charge is 0.227 e. The molecule has 0 atom stereocenters. The molecule has 147 valence electrons. The lowest BCUT2D eigenvalue weighted by Gasteiger charge is -2.12. The molecule has 5 nitrogen and oxygen atoms in total. The van der Waals surface area contributed by atoms with Crippen molar-refractivity contribution < 1.29 is 13.2 Å². The Morgan fingerprint density at radius 1 is 1.07 bits per heavy atom. The number of hydrogen-bond donors (Lipinski definition) is 1. The number of fused-ring (bicyclic) bond motifs is 1. The lowest BCUT2D eigenvalue weighted by Crippen LogP contribution is -2.03. The van der Waals surface area contributed by atoms with E-state index in [9.17, 15) is 13.2 Å². The summed E-state index contributed by atoms with van der Waals surface area (Å²) in [6.07, 6.45) is 0.989. The standard InChI is InChI=1S/C21H17F3N5/c1-11(2)29-12(3)26-20-16(23)7-13(8-18(20)29)19-17(24)10-25-21(28-19)27-15-6-4-5-14(22)9-15/h4,6-11H,1-3H3,(H,25,27,28). The predicted octanol–water partition coefficient (Wildman–Crippen LogP) is 5.34. The van der Waals surface area contributed by atoms with Crippen LogP contribution in [0.2, 0.25) is 0 Å². The maximum absolute atomic E-state index is 14.7. The maximum Gasteiger partial charge on any atom is 0.227 e. The van der Waals surface area contributed by atoms with Crippen LogP contribution in [0.3, 0.4) is 0 Å². The SMILES string of the molecule is Cc1nc2c(F)cc(-c3nc(Nc4cc[c]c(F)c4)ncc3F)cc2n1C(C)C. The van der Waals surface area contributed by atoms with Gasteiger partial charge in [-0.1, -0.05) is 0 Å². The largest absolute Gasteiger partial charge is 0.326 e. The van der Waals surface area contributed by atoms with Gasteiger partial charge in [0.15, 0.2) is 11.6 Å². The highest BCUT2D eigenvalue weighted by Gasteiger charge is 2.18. The average molecular weight is 396 g/mol. The first-order valence-corrected chi connectivity index (χ1v) is 8.98. The van der Waals surface area contributed by atoms with Crippen LogP contribution in [0.1, 0.15) is 25.7 Å². The minimum absolute atomic E-state index is 0.0481. The van der Waals surface area contributed by atoms with Crippen molar-refractivity contribution in [1.29, 1.82) is 0 Å². The quantitative estimate of drug-likeness (QED) is 0.506. The van der Waals surface area contributed by atoms with Crippen molar-refractivity contribution in [3.63, 3.8) is 0 Å². The van der Waals surface area contributed by atoms with E-state index in [4.69, 9.17) is 0 Å². The molecule has 1 N–H and O–H groups in total. The van der Waals surface area contributed by atoms with Gasteiger partial charge in [0.1, 0.15) is 22.9 Å². The molecule has 4 aromatic rings. The zero-order chi connectivity index (χ0) is 20.7. The second-order valence-electron chi connectivity index (χ2n) is 6.89. The number of nitrogens with zero attached hydrogens (tertiary/aromatic N) is 4. The van der Waals surface area contributed by atoms with Crippen LogP contribution in [0.25, 0.3) is 22.3 Å². The van der Waals surface area contributed by atoms with Crippen LogP contribution in [0, 0.1) is 30.4 Å². The van der Waals surface area contributed by atoms with Crippen molar-refractivity contribution in [2.45, 2.75) is 26.8 Å². The Morgan fingerprint density at radius 3 is 2.59 bits per heavy atom. The van der Waals surface area contributed by atoms with E-state index >= 15 is 0 Å². The number of nitrogens with one attached hydrogen (secondary N) is 1. The lowest BCUT2D eigenvalue weighted by molar-refractivity contribution is 0.600. The van der Waals surface area contributed by atoms with Gasteiger partial charge in [0.25, 0.3) is 0 Å². The van der Waals surface area contributed by atoms with Crippen molar-refractivity contribution in [2.24, 2.45) is 0 Å². The molecule has 0 fully saturated rings. The molecular formula is C21H17F3N5. The van der Waals surface area contributed by atoms with Crippen molar-refractivity contribution in [3.8, 4) is 11.3 Å². The van der Waals surface area contributed by atoms with E-state index < -0.39 is 17.5 Å². The molecule has 29 heavy (non-hydrogen) atoms. The van der Waals surface area contributed by atoms with Crippen LogP contribution in [-0.2, 0) is 0 Å². The Bertz CT molecular complexity index is 1220. The van der Waals surface area contributed by atoms with Crippen molar-refractivity contribution in [3.05, 3.63) is 65.9 Å². The van der Waals surface area contributed by atoms with E-state index in [1.165, 1.54) is 18.2 Å². The molecule has 0 saturated carbocycles. The molecule has 0 aliphatic heterocycles. The van der Waals surface area contributed by atoms with E-state index in [0.29, 0.717) is 17.0 Å². The third kappa shape index (κ3) is 3.53. The molecule has 0 amide bonds. The highest BCUT2D eigenvalue weighted by Crippen LogP contribution is 2.30. The number of halogens is 3. The van der Waals surface area contributed by atoms with Crippen LogP contribution in [0.5, 0.6) is 0 Å². The normalized spacial score (nSPS) is 11.4. The summed E-state index contributed by atoms with van der Waals surface area (Å²) in [5, 5.41) is 2.81. The molecule has 8 heteroatoms. The van der Waals surface area contributed by atoms with Crippen LogP contribution in [-0.4, -0.2) is 19.5 Å². The minimum Gasteiger partial charge on any atom is -0.326 e. The van der Waals surface area contributed by atoms with Gasteiger partial charge in [-0.3, -0.25) is 0 Å². The van der Waals surface area contributed by atoms with Gasteiger partial charge in [-0.25, -0.2) is 28.1 Å². The first kappa shape index (κ1) is 18.9. The van der Waals surface area contributed by atoms with Gasteiger partial charge >= 0.3 is 0 Å². The maximum atomic E-state index is 14.7. The molecule has 0 saturated heterocycles. The summed E-state index contributed by atoms with van der Waals surface area (Å²) in [6.45, 7) is 5.72. The van der Waals surface area contributed by atoms with Crippen LogP contribution >= 0.6 is 0 Å². The molecule has 2 aromatic heterocycles. The monoisotopic (exact) mass is 396 g/mol. The number of aryl methyl sites for hydroxylation is 1. The summed E-state index contributed by atoms with van der Waals surface area (Å²) in [4.78, 5) is 12.3. The highest BCUT2D eigenvalue weighted by atomic mass is 19.1. The Balaban J connectivity index is 1.82. The molecule has 0 aliphatic carbocycles. The third-order valence-electron chi connectivity index (χ3n) is 4.48. The van der Waals surface area contributed by atoms with Crippen molar-refractivity contribution >= 4 is 22.7 Å². The molecule has 0 unspecified atom stereocenters. The Kier molecular flexibility index (Phi) is 4.70. The summed E-state index contributed by atoms with van der Waals surface area (Å²) in [6, 6.07) is 9.48. The molecule has 2 heterocycles. The molecular weight excluding hydrogens is 379 g/mol. The summed E-state index contributed by atoms with van der Waals surface area (Å²) in [5.74, 6) is -1.09. The fourth-order valence-corrected chi connectivity index (χ4v) is 3.33. The molecule has 0 bridgehead atoms. The first-order chi connectivity index (χ1) is 13.8. The van der Waals surface area contributed by atoms with Gasteiger partial charge in [-0.15, -0.1) is 0 Å².